The third-order valence-corrected chi connectivity index (χ3v) is 4.08. The molecule has 2 aliphatic rings. The zero-order valence-electron chi connectivity index (χ0n) is 9.54. The third kappa shape index (κ3) is 1.61. The van der Waals surface area contributed by atoms with E-state index in [1.165, 1.54) is 30.4 Å². The summed E-state index contributed by atoms with van der Waals surface area (Å²) < 4.78 is 5.50. The minimum atomic E-state index is 0.188. The van der Waals surface area contributed by atoms with E-state index in [0.717, 1.165) is 25.2 Å². The molecule has 1 fully saturated rings. The van der Waals surface area contributed by atoms with Gasteiger partial charge in [-0.15, -0.1) is 0 Å². The van der Waals surface area contributed by atoms with E-state index in [9.17, 15) is 5.11 Å². The van der Waals surface area contributed by atoms with Crippen LogP contribution < -0.4 is 4.74 Å². The van der Waals surface area contributed by atoms with Gasteiger partial charge in [-0.1, -0.05) is 18.6 Å². The van der Waals surface area contributed by atoms with Gasteiger partial charge in [0.05, 0.1) is 6.61 Å². The number of aliphatic hydroxyl groups excluding tert-OH is 1. The summed E-state index contributed by atoms with van der Waals surface area (Å²) in [5.74, 6) is 1.05. The molecule has 0 atom stereocenters. The molecule has 0 spiro atoms. The van der Waals surface area contributed by atoms with Gasteiger partial charge >= 0.3 is 0 Å². The van der Waals surface area contributed by atoms with Crippen molar-refractivity contribution in [1.29, 1.82) is 0 Å². The maximum Gasteiger partial charge on any atom is 0.122 e. The number of ether oxygens (including phenoxy) is 1. The Labute approximate surface area is 96.2 Å². The van der Waals surface area contributed by atoms with Crippen molar-refractivity contribution in [2.24, 2.45) is 5.41 Å². The van der Waals surface area contributed by atoms with E-state index in [2.05, 4.69) is 18.2 Å². The average molecular weight is 218 g/mol. The van der Waals surface area contributed by atoms with Crippen LogP contribution in [0.25, 0.3) is 0 Å². The van der Waals surface area contributed by atoms with Crippen LogP contribution in [-0.2, 0) is 12.8 Å². The van der Waals surface area contributed by atoms with Gasteiger partial charge < -0.3 is 9.84 Å². The summed E-state index contributed by atoms with van der Waals surface area (Å²) in [6.45, 7) is 1.16. The lowest BCUT2D eigenvalue weighted by Gasteiger charge is -2.40. The first-order chi connectivity index (χ1) is 7.81. The predicted molar refractivity (Wildman–Crippen MR) is 62.7 cm³/mol. The highest BCUT2D eigenvalue weighted by atomic mass is 16.5. The summed E-state index contributed by atoms with van der Waals surface area (Å²) in [6.07, 6.45) is 5.69. The molecule has 1 aromatic carbocycles. The summed E-state index contributed by atoms with van der Waals surface area (Å²) >= 11 is 0. The SMILES string of the molecule is OCC1(Cc2ccc3c(c2)CCO3)CCC1. The second-order valence-electron chi connectivity index (χ2n) is 5.23. The minimum Gasteiger partial charge on any atom is -0.493 e. The lowest BCUT2D eigenvalue weighted by Crippen LogP contribution is -2.35. The molecule has 3 rings (SSSR count). The highest BCUT2D eigenvalue weighted by Gasteiger charge is 2.36. The van der Waals surface area contributed by atoms with Gasteiger partial charge in [-0.25, -0.2) is 0 Å². The monoisotopic (exact) mass is 218 g/mol. The fourth-order valence-electron chi connectivity index (χ4n) is 2.85. The standard InChI is InChI=1S/C14H18O2/c15-10-14(5-1-6-14)9-11-2-3-13-12(8-11)4-7-16-13/h2-3,8,15H,1,4-7,9-10H2. The molecule has 0 saturated heterocycles. The lowest BCUT2D eigenvalue weighted by molar-refractivity contribution is 0.0450. The summed E-state index contributed by atoms with van der Waals surface area (Å²) in [4.78, 5) is 0. The highest BCUT2D eigenvalue weighted by molar-refractivity contribution is 5.40. The Balaban J connectivity index is 1.80. The number of benzene rings is 1. The van der Waals surface area contributed by atoms with Crippen LogP contribution >= 0.6 is 0 Å². The Morgan fingerprint density at radius 1 is 1.31 bits per heavy atom. The topological polar surface area (TPSA) is 29.5 Å². The molecule has 2 heteroatoms. The molecule has 1 heterocycles. The highest BCUT2D eigenvalue weighted by Crippen LogP contribution is 2.43. The number of fused-ring (bicyclic) bond motifs is 1. The van der Waals surface area contributed by atoms with Gasteiger partial charge in [-0.3, -0.25) is 0 Å². The number of rotatable bonds is 3. The van der Waals surface area contributed by atoms with Crippen LogP contribution in [-0.4, -0.2) is 18.3 Å². The van der Waals surface area contributed by atoms with Crippen LogP contribution in [0.3, 0.4) is 0 Å². The number of hydrogen-bond donors (Lipinski definition) is 1. The Hall–Kier alpha value is -1.02. The van der Waals surface area contributed by atoms with E-state index in [0.29, 0.717) is 6.61 Å². The van der Waals surface area contributed by atoms with E-state index in [1.54, 1.807) is 0 Å². The predicted octanol–water partition coefficient (Wildman–Crippen LogP) is 2.33. The van der Waals surface area contributed by atoms with Crippen molar-refractivity contribution in [3.8, 4) is 5.75 Å². The molecule has 1 aromatic rings. The van der Waals surface area contributed by atoms with E-state index < -0.39 is 0 Å². The quantitative estimate of drug-likeness (QED) is 0.843. The van der Waals surface area contributed by atoms with Crippen LogP contribution in [0.4, 0.5) is 0 Å². The molecule has 0 bridgehead atoms. The molecule has 1 aliphatic carbocycles. The Bertz CT molecular complexity index is 388. The van der Waals surface area contributed by atoms with Gasteiger partial charge in [-0.2, -0.15) is 0 Å². The van der Waals surface area contributed by atoms with E-state index in [1.807, 2.05) is 0 Å². The van der Waals surface area contributed by atoms with Gasteiger partial charge in [0.2, 0.25) is 0 Å². The molecule has 86 valence electrons. The molecule has 0 aromatic heterocycles. The Morgan fingerprint density at radius 3 is 2.88 bits per heavy atom. The molecule has 0 unspecified atom stereocenters. The molecule has 1 N–H and O–H groups in total. The van der Waals surface area contributed by atoms with Crippen molar-refractivity contribution in [1.82, 2.24) is 0 Å². The van der Waals surface area contributed by atoms with Crippen molar-refractivity contribution in [2.75, 3.05) is 13.2 Å². The smallest absolute Gasteiger partial charge is 0.122 e. The number of aliphatic hydroxyl groups is 1. The second kappa shape index (κ2) is 3.77. The maximum absolute atomic E-state index is 9.47. The van der Waals surface area contributed by atoms with Crippen molar-refractivity contribution in [3.05, 3.63) is 29.3 Å². The molecule has 2 nitrogen and oxygen atoms in total. The first-order valence-corrected chi connectivity index (χ1v) is 6.17. The number of hydrogen-bond acceptors (Lipinski definition) is 2. The van der Waals surface area contributed by atoms with Crippen molar-refractivity contribution >= 4 is 0 Å². The van der Waals surface area contributed by atoms with Crippen LogP contribution in [0, 0.1) is 5.41 Å². The molecular formula is C14H18O2. The molecule has 1 aliphatic heterocycles. The molecule has 0 amide bonds. The van der Waals surface area contributed by atoms with Crippen molar-refractivity contribution in [3.63, 3.8) is 0 Å². The van der Waals surface area contributed by atoms with E-state index in [4.69, 9.17) is 4.74 Å². The largest absolute Gasteiger partial charge is 0.493 e. The second-order valence-corrected chi connectivity index (χ2v) is 5.23. The van der Waals surface area contributed by atoms with Gasteiger partial charge in [0.25, 0.3) is 0 Å². The zero-order chi connectivity index (χ0) is 11.0. The van der Waals surface area contributed by atoms with Crippen molar-refractivity contribution < 1.29 is 9.84 Å². The average Bonchev–Trinajstić information content (AvgIpc) is 2.70. The molecular weight excluding hydrogens is 200 g/mol. The van der Waals surface area contributed by atoms with Crippen LogP contribution in [0.2, 0.25) is 0 Å². The normalized spacial score (nSPS) is 21.1. The summed E-state index contributed by atoms with van der Waals surface area (Å²) in [6, 6.07) is 6.50. The minimum absolute atomic E-state index is 0.188. The fraction of sp³-hybridized carbons (Fsp3) is 0.571. The first-order valence-electron chi connectivity index (χ1n) is 6.17. The van der Waals surface area contributed by atoms with E-state index in [-0.39, 0.29) is 5.41 Å². The molecule has 1 saturated carbocycles. The fourth-order valence-corrected chi connectivity index (χ4v) is 2.85. The zero-order valence-corrected chi connectivity index (χ0v) is 9.54. The van der Waals surface area contributed by atoms with Gasteiger partial charge in [0, 0.05) is 13.0 Å². The van der Waals surface area contributed by atoms with Crippen molar-refractivity contribution in [2.45, 2.75) is 32.1 Å². The third-order valence-electron chi connectivity index (χ3n) is 4.08. The van der Waals surface area contributed by atoms with Gasteiger partial charge in [0.15, 0.2) is 0 Å². The van der Waals surface area contributed by atoms with Crippen LogP contribution in [0.1, 0.15) is 30.4 Å². The van der Waals surface area contributed by atoms with Gasteiger partial charge in [-0.05, 0) is 41.9 Å². The maximum atomic E-state index is 9.47. The lowest BCUT2D eigenvalue weighted by atomic mass is 9.66. The molecule has 0 radical (unpaired) electrons. The van der Waals surface area contributed by atoms with E-state index >= 15 is 0 Å². The first kappa shape index (κ1) is 10.2. The summed E-state index contributed by atoms with van der Waals surface area (Å²) in [5.41, 5.74) is 2.89. The molecule has 16 heavy (non-hydrogen) atoms. The van der Waals surface area contributed by atoms with Gasteiger partial charge in [0.1, 0.15) is 5.75 Å². The Morgan fingerprint density at radius 2 is 2.19 bits per heavy atom. The summed E-state index contributed by atoms with van der Waals surface area (Å²) in [5, 5.41) is 9.47. The van der Waals surface area contributed by atoms with Crippen LogP contribution in [0.5, 0.6) is 5.75 Å². The van der Waals surface area contributed by atoms with Crippen LogP contribution in [0.15, 0.2) is 18.2 Å². The summed E-state index contributed by atoms with van der Waals surface area (Å²) in [7, 11) is 0. The Kier molecular flexibility index (Phi) is 2.40.